The number of aromatic nitrogens is 5. The Morgan fingerprint density at radius 1 is 1.44 bits per heavy atom. The summed E-state index contributed by atoms with van der Waals surface area (Å²) < 4.78 is 11.9. The Balaban J connectivity index is 1.81. The van der Waals surface area contributed by atoms with Crippen LogP contribution in [0.4, 0.5) is 4.79 Å². The molecule has 4 heterocycles. The number of rotatable bonds is 5. The van der Waals surface area contributed by atoms with Crippen molar-refractivity contribution in [2.75, 3.05) is 6.61 Å². The van der Waals surface area contributed by atoms with Crippen LogP contribution in [0.2, 0.25) is 5.02 Å². The fraction of sp³-hybridized carbons (Fsp3) is 0.353. The Kier molecular flexibility index (Phi) is 6.24. The highest BCUT2D eigenvalue weighted by Crippen LogP contribution is 2.46. The summed E-state index contributed by atoms with van der Waals surface area (Å²) in [7, 11) is 0. The summed E-state index contributed by atoms with van der Waals surface area (Å²) in [5, 5.41) is 49.8. The molecule has 4 N–H and O–H groups in total. The molecule has 0 aromatic carbocycles. The SMILES string of the molecule is O=C(O)O[C@@H]1[C@@H](n2cc(-c3csc(O)n3)nn2)[C@@H](O)[C@](CO)(c2ncccc2Cl)O[C@@H]1S. The third-order valence-corrected chi connectivity index (χ3v) is 6.30. The van der Waals surface area contributed by atoms with Gasteiger partial charge in [0.15, 0.2) is 11.7 Å². The van der Waals surface area contributed by atoms with Crippen molar-refractivity contribution in [2.24, 2.45) is 0 Å². The maximum atomic E-state index is 11.4. The van der Waals surface area contributed by atoms with Crippen molar-refractivity contribution < 1.29 is 34.7 Å². The average Bonchev–Trinajstić information content (AvgIpc) is 3.40. The number of halogens is 1. The van der Waals surface area contributed by atoms with Crippen LogP contribution in [0.1, 0.15) is 11.7 Å². The van der Waals surface area contributed by atoms with Crippen molar-refractivity contribution in [3.8, 4) is 16.6 Å². The topological polar surface area (TPSA) is 173 Å². The number of nitrogens with zero attached hydrogens (tertiary/aromatic N) is 5. The van der Waals surface area contributed by atoms with Crippen molar-refractivity contribution in [1.29, 1.82) is 0 Å². The molecule has 0 radical (unpaired) electrons. The molecule has 3 aromatic heterocycles. The Hall–Kier alpha value is -2.49. The standard InChI is InChI=1S/C17H16ClN5O7S2/c18-7-2-1-3-19-12(7)17(6-24)13(25)10(11(14(31)30-17)29-16(27)28)23-4-8(21-22-23)9-5-32-15(26)20-9/h1-5,10-11,13-14,24-25,31H,6H2,(H,20,26)(H,27,28)/t10-,11-,13-,14-,17+/m1/s1. The van der Waals surface area contributed by atoms with Crippen LogP contribution in [0.15, 0.2) is 29.9 Å². The lowest BCUT2D eigenvalue weighted by molar-refractivity contribution is -0.245. The summed E-state index contributed by atoms with van der Waals surface area (Å²) in [6, 6.07) is 1.81. The summed E-state index contributed by atoms with van der Waals surface area (Å²) in [6.45, 7) is -0.764. The molecule has 1 fully saturated rings. The predicted molar refractivity (Wildman–Crippen MR) is 113 cm³/mol. The molecular formula is C17H16ClN5O7S2. The molecule has 12 nitrogen and oxygen atoms in total. The van der Waals surface area contributed by atoms with E-state index in [0.29, 0.717) is 5.69 Å². The molecule has 3 aromatic rings. The molecule has 0 amide bonds. The lowest BCUT2D eigenvalue weighted by Crippen LogP contribution is -2.61. The first-order valence-corrected chi connectivity index (χ1v) is 10.8. The minimum Gasteiger partial charge on any atom is -0.486 e. The number of ether oxygens (including phenoxy) is 2. The Labute approximate surface area is 194 Å². The van der Waals surface area contributed by atoms with Gasteiger partial charge in [0.05, 0.1) is 23.5 Å². The zero-order valence-electron chi connectivity index (χ0n) is 15.9. The second-order valence-electron chi connectivity index (χ2n) is 6.77. The van der Waals surface area contributed by atoms with E-state index in [1.54, 1.807) is 11.4 Å². The smallest absolute Gasteiger partial charge is 0.486 e. The first-order valence-electron chi connectivity index (χ1n) is 8.99. The van der Waals surface area contributed by atoms with Gasteiger partial charge in [-0.25, -0.2) is 14.5 Å². The first kappa shape index (κ1) is 22.7. The molecule has 0 bridgehead atoms. The van der Waals surface area contributed by atoms with E-state index < -0.39 is 42.0 Å². The number of aliphatic hydroxyl groups is 2. The second-order valence-corrected chi connectivity index (χ2v) is 8.53. The molecule has 0 unspecified atom stereocenters. The van der Waals surface area contributed by atoms with E-state index >= 15 is 0 Å². The quantitative estimate of drug-likeness (QED) is 0.252. The van der Waals surface area contributed by atoms with Crippen LogP contribution in [-0.2, 0) is 15.1 Å². The number of aliphatic hydroxyl groups excluding tert-OH is 2. The van der Waals surface area contributed by atoms with Gasteiger partial charge in [-0.2, -0.15) is 0 Å². The molecule has 5 atom stereocenters. The Morgan fingerprint density at radius 3 is 2.84 bits per heavy atom. The van der Waals surface area contributed by atoms with Crippen molar-refractivity contribution in [3.05, 3.63) is 40.6 Å². The van der Waals surface area contributed by atoms with Crippen molar-refractivity contribution in [1.82, 2.24) is 25.0 Å². The maximum absolute atomic E-state index is 11.4. The third-order valence-electron chi connectivity index (χ3n) is 4.95. The first-order chi connectivity index (χ1) is 15.3. The van der Waals surface area contributed by atoms with Crippen molar-refractivity contribution >= 4 is 41.7 Å². The van der Waals surface area contributed by atoms with Gasteiger partial charge in [-0.15, -0.1) is 17.7 Å². The molecule has 1 aliphatic rings. The summed E-state index contributed by atoms with van der Waals surface area (Å²) in [4.78, 5) is 19.4. The number of hydrogen-bond donors (Lipinski definition) is 5. The molecule has 4 rings (SSSR count). The van der Waals surface area contributed by atoms with Crippen LogP contribution < -0.4 is 0 Å². The van der Waals surface area contributed by atoms with Gasteiger partial charge in [-0.1, -0.05) is 28.2 Å². The molecule has 0 saturated carbocycles. The van der Waals surface area contributed by atoms with Crippen LogP contribution in [0.3, 0.4) is 0 Å². The highest BCUT2D eigenvalue weighted by atomic mass is 35.5. The van der Waals surface area contributed by atoms with E-state index in [1.165, 1.54) is 18.5 Å². The molecule has 170 valence electrons. The van der Waals surface area contributed by atoms with E-state index in [1.807, 2.05) is 0 Å². The van der Waals surface area contributed by atoms with Crippen LogP contribution in [0.25, 0.3) is 11.4 Å². The monoisotopic (exact) mass is 501 g/mol. The lowest BCUT2D eigenvalue weighted by atomic mass is 9.83. The number of aromatic hydroxyl groups is 1. The van der Waals surface area contributed by atoms with Gasteiger partial charge in [0.2, 0.25) is 0 Å². The zero-order valence-corrected chi connectivity index (χ0v) is 18.4. The predicted octanol–water partition coefficient (Wildman–Crippen LogP) is 1.29. The van der Waals surface area contributed by atoms with E-state index in [4.69, 9.17) is 21.1 Å². The number of thiol groups is 1. The van der Waals surface area contributed by atoms with Crippen molar-refractivity contribution in [2.45, 2.75) is 29.3 Å². The van der Waals surface area contributed by atoms with E-state index in [2.05, 4.69) is 32.9 Å². The summed E-state index contributed by atoms with van der Waals surface area (Å²) in [6.07, 6.45) is -1.85. The number of thiazole rings is 1. The number of hydrogen-bond acceptors (Lipinski definition) is 12. The molecule has 0 spiro atoms. The van der Waals surface area contributed by atoms with Gasteiger partial charge < -0.3 is 29.9 Å². The second kappa shape index (κ2) is 8.80. The summed E-state index contributed by atoms with van der Waals surface area (Å²) >= 11 is 11.5. The molecule has 1 saturated heterocycles. The number of carbonyl (C=O) groups is 1. The van der Waals surface area contributed by atoms with Gasteiger partial charge in [0.1, 0.15) is 29.0 Å². The average molecular weight is 502 g/mol. The fourth-order valence-electron chi connectivity index (χ4n) is 3.54. The van der Waals surface area contributed by atoms with E-state index in [9.17, 15) is 25.2 Å². The van der Waals surface area contributed by atoms with Crippen LogP contribution in [-0.4, -0.2) is 75.8 Å². The van der Waals surface area contributed by atoms with Crippen LogP contribution in [0.5, 0.6) is 5.19 Å². The number of carboxylic acid groups (broad SMARTS) is 1. The molecule has 15 heteroatoms. The zero-order chi connectivity index (χ0) is 23.0. The molecule has 0 aliphatic carbocycles. The minimum atomic E-state index is -1.88. The van der Waals surface area contributed by atoms with E-state index in [0.717, 1.165) is 16.0 Å². The van der Waals surface area contributed by atoms with Gasteiger partial charge in [-0.05, 0) is 12.1 Å². The van der Waals surface area contributed by atoms with Gasteiger partial charge in [0, 0.05) is 11.6 Å². The Bertz CT molecular complexity index is 1130. The van der Waals surface area contributed by atoms with E-state index in [-0.39, 0.29) is 21.6 Å². The van der Waals surface area contributed by atoms with Crippen LogP contribution in [0, 0.1) is 0 Å². The highest BCUT2D eigenvalue weighted by molar-refractivity contribution is 7.80. The minimum absolute atomic E-state index is 0.0271. The molecular weight excluding hydrogens is 486 g/mol. The fourth-order valence-corrected chi connectivity index (χ4v) is 4.78. The largest absolute Gasteiger partial charge is 0.506 e. The highest BCUT2D eigenvalue weighted by Gasteiger charge is 2.58. The van der Waals surface area contributed by atoms with Gasteiger partial charge >= 0.3 is 6.16 Å². The summed E-state index contributed by atoms with van der Waals surface area (Å²) in [5.41, 5.74) is -2.53. The molecule has 32 heavy (non-hydrogen) atoms. The van der Waals surface area contributed by atoms with Crippen LogP contribution >= 0.6 is 35.6 Å². The van der Waals surface area contributed by atoms with Gasteiger partial charge in [0.25, 0.3) is 5.19 Å². The normalized spacial score (nSPS) is 27.9. The summed E-state index contributed by atoms with van der Waals surface area (Å²) in [5.74, 6) is 0. The molecule has 1 aliphatic heterocycles. The lowest BCUT2D eigenvalue weighted by Gasteiger charge is -2.48. The van der Waals surface area contributed by atoms with Crippen molar-refractivity contribution in [3.63, 3.8) is 0 Å². The Morgan fingerprint density at radius 2 is 2.22 bits per heavy atom. The maximum Gasteiger partial charge on any atom is 0.506 e. The van der Waals surface area contributed by atoms with Gasteiger partial charge in [-0.3, -0.25) is 4.98 Å². The number of pyridine rings is 1. The third kappa shape index (κ3) is 3.89.